The molecule has 0 atom stereocenters. The van der Waals surface area contributed by atoms with Gasteiger partial charge in [0.1, 0.15) is 11.4 Å². The number of ether oxygens (including phenoxy) is 1. The van der Waals surface area contributed by atoms with E-state index in [9.17, 15) is 13.2 Å². The number of thiophene rings is 1. The van der Waals surface area contributed by atoms with Crippen LogP contribution in [0.15, 0.2) is 65.7 Å². The predicted molar refractivity (Wildman–Crippen MR) is 121 cm³/mol. The maximum atomic E-state index is 12.3. The summed E-state index contributed by atoms with van der Waals surface area (Å²) in [4.78, 5) is 5.92. The van der Waals surface area contributed by atoms with Crippen LogP contribution in [0.4, 0.5) is 13.2 Å². The lowest BCUT2D eigenvalue weighted by molar-refractivity contribution is -0.274. The number of fused-ring (bicyclic) bond motifs is 1. The zero-order chi connectivity index (χ0) is 23.0. The lowest BCUT2D eigenvalue weighted by Crippen LogP contribution is -2.16. The number of halogens is 4. The smallest absolute Gasteiger partial charge is 0.406 e. The van der Waals surface area contributed by atoms with Crippen LogP contribution in [0.2, 0.25) is 0 Å². The molecule has 1 aliphatic rings. The van der Waals surface area contributed by atoms with Crippen molar-refractivity contribution in [2.45, 2.75) is 25.7 Å². The SMILES string of the molecule is FC(F)(F)Oc1ccc(-c2cn(CC3=C(Cl)c4ccc(-c5cccs5)nc4CC3)nn2)cc1. The summed E-state index contributed by atoms with van der Waals surface area (Å²) in [6, 6.07) is 13.6. The molecular formula is C23H16ClF3N4OS. The van der Waals surface area contributed by atoms with Crippen LogP contribution in [0.25, 0.3) is 26.9 Å². The number of aryl methyl sites for hydroxylation is 1. The lowest BCUT2D eigenvalue weighted by atomic mass is 9.95. The summed E-state index contributed by atoms with van der Waals surface area (Å²) in [6.45, 7) is 0.465. The predicted octanol–water partition coefficient (Wildman–Crippen LogP) is 6.56. The Balaban J connectivity index is 1.33. The normalized spacial score (nSPS) is 13.8. The van der Waals surface area contributed by atoms with E-state index in [-0.39, 0.29) is 5.75 Å². The van der Waals surface area contributed by atoms with Crippen molar-refractivity contribution in [1.29, 1.82) is 0 Å². The van der Waals surface area contributed by atoms with Crippen molar-refractivity contribution in [3.63, 3.8) is 0 Å². The van der Waals surface area contributed by atoms with Crippen LogP contribution in [0.5, 0.6) is 5.75 Å². The Labute approximate surface area is 196 Å². The zero-order valence-corrected chi connectivity index (χ0v) is 18.6. The van der Waals surface area contributed by atoms with Gasteiger partial charge in [0.15, 0.2) is 0 Å². The Kier molecular flexibility index (Phi) is 5.67. The van der Waals surface area contributed by atoms with E-state index >= 15 is 0 Å². The van der Waals surface area contributed by atoms with Crippen molar-refractivity contribution in [3.05, 3.63) is 76.9 Å². The molecule has 4 aromatic rings. The first-order chi connectivity index (χ1) is 15.9. The second kappa shape index (κ2) is 8.64. The van der Waals surface area contributed by atoms with Crippen LogP contribution < -0.4 is 4.74 Å². The van der Waals surface area contributed by atoms with Gasteiger partial charge in [0, 0.05) is 11.1 Å². The molecule has 0 spiro atoms. The fourth-order valence-electron chi connectivity index (χ4n) is 3.70. The van der Waals surface area contributed by atoms with Crippen molar-refractivity contribution < 1.29 is 17.9 Å². The molecule has 5 rings (SSSR count). The molecule has 168 valence electrons. The Morgan fingerprint density at radius 3 is 2.58 bits per heavy atom. The van der Waals surface area contributed by atoms with E-state index in [1.54, 1.807) is 22.2 Å². The average molecular weight is 489 g/mol. The van der Waals surface area contributed by atoms with Gasteiger partial charge >= 0.3 is 6.36 Å². The number of benzene rings is 1. The molecule has 0 radical (unpaired) electrons. The number of nitrogens with zero attached hydrogens (tertiary/aromatic N) is 4. The molecule has 33 heavy (non-hydrogen) atoms. The van der Waals surface area contributed by atoms with Crippen LogP contribution in [-0.4, -0.2) is 26.3 Å². The summed E-state index contributed by atoms with van der Waals surface area (Å²) in [5, 5.41) is 11.0. The van der Waals surface area contributed by atoms with Crippen LogP contribution in [-0.2, 0) is 13.0 Å². The maximum absolute atomic E-state index is 12.3. The van der Waals surface area contributed by atoms with Crippen molar-refractivity contribution in [1.82, 2.24) is 20.0 Å². The minimum absolute atomic E-state index is 0.285. The number of hydrogen-bond acceptors (Lipinski definition) is 5. The highest BCUT2D eigenvalue weighted by atomic mass is 35.5. The topological polar surface area (TPSA) is 52.8 Å². The van der Waals surface area contributed by atoms with Gasteiger partial charge in [0.05, 0.1) is 34.0 Å². The molecule has 0 amide bonds. The molecule has 0 N–H and O–H groups in total. The molecule has 3 aromatic heterocycles. The third-order valence-corrected chi connectivity index (χ3v) is 6.60. The molecule has 10 heteroatoms. The van der Waals surface area contributed by atoms with Gasteiger partial charge in [-0.05, 0) is 66.3 Å². The third kappa shape index (κ3) is 4.79. The first-order valence-electron chi connectivity index (χ1n) is 10.0. The second-order valence-corrected chi connectivity index (χ2v) is 8.78. The molecule has 0 bridgehead atoms. The molecule has 0 fully saturated rings. The Morgan fingerprint density at radius 1 is 1.03 bits per heavy atom. The summed E-state index contributed by atoms with van der Waals surface area (Å²) in [5.41, 5.74) is 5.07. The minimum Gasteiger partial charge on any atom is -0.406 e. The van der Waals surface area contributed by atoms with Gasteiger partial charge in [0.2, 0.25) is 0 Å². The highest BCUT2D eigenvalue weighted by molar-refractivity contribution is 7.13. The highest BCUT2D eigenvalue weighted by Gasteiger charge is 2.31. The first kappa shape index (κ1) is 21.7. The number of rotatable bonds is 5. The van der Waals surface area contributed by atoms with Crippen molar-refractivity contribution in [2.75, 3.05) is 0 Å². The van der Waals surface area contributed by atoms with Gasteiger partial charge < -0.3 is 4.74 Å². The Morgan fingerprint density at radius 2 is 1.85 bits per heavy atom. The van der Waals surface area contributed by atoms with Gasteiger partial charge in [0.25, 0.3) is 0 Å². The van der Waals surface area contributed by atoms with E-state index in [4.69, 9.17) is 16.6 Å². The molecule has 1 aromatic carbocycles. The van der Waals surface area contributed by atoms with E-state index in [2.05, 4.69) is 15.0 Å². The molecular weight excluding hydrogens is 473 g/mol. The van der Waals surface area contributed by atoms with Crippen LogP contribution in [0.1, 0.15) is 17.7 Å². The molecule has 0 saturated heterocycles. The molecule has 1 aliphatic carbocycles. The Bertz CT molecular complexity index is 1310. The maximum Gasteiger partial charge on any atom is 0.573 e. The number of allylic oxidation sites excluding steroid dienone is 1. The fourth-order valence-corrected chi connectivity index (χ4v) is 4.72. The van der Waals surface area contributed by atoms with Gasteiger partial charge in [-0.3, -0.25) is 4.98 Å². The van der Waals surface area contributed by atoms with Crippen LogP contribution in [0.3, 0.4) is 0 Å². The van der Waals surface area contributed by atoms with Gasteiger partial charge in [-0.1, -0.05) is 22.9 Å². The highest BCUT2D eigenvalue weighted by Crippen LogP contribution is 2.36. The minimum atomic E-state index is -4.72. The van der Waals surface area contributed by atoms with Gasteiger partial charge in [-0.15, -0.1) is 29.6 Å². The van der Waals surface area contributed by atoms with E-state index < -0.39 is 6.36 Å². The van der Waals surface area contributed by atoms with Crippen LogP contribution in [0, 0.1) is 0 Å². The average Bonchev–Trinajstić information content (AvgIpc) is 3.48. The summed E-state index contributed by atoms with van der Waals surface area (Å²) in [6.07, 6.45) is -1.45. The van der Waals surface area contributed by atoms with Crippen molar-refractivity contribution in [2.24, 2.45) is 0 Å². The summed E-state index contributed by atoms with van der Waals surface area (Å²) in [5.74, 6) is -0.285. The van der Waals surface area contributed by atoms with E-state index in [1.165, 1.54) is 24.3 Å². The van der Waals surface area contributed by atoms with Crippen LogP contribution >= 0.6 is 22.9 Å². The fraction of sp³-hybridized carbons (Fsp3) is 0.174. The summed E-state index contributed by atoms with van der Waals surface area (Å²) in [7, 11) is 0. The number of pyridine rings is 1. The zero-order valence-electron chi connectivity index (χ0n) is 17.0. The summed E-state index contributed by atoms with van der Waals surface area (Å²) < 4.78 is 42.6. The van der Waals surface area contributed by atoms with Gasteiger partial charge in [-0.2, -0.15) is 0 Å². The molecule has 0 unspecified atom stereocenters. The quantitative estimate of drug-likeness (QED) is 0.319. The monoisotopic (exact) mass is 488 g/mol. The van der Waals surface area contributed by atoms with Crippen molar-refractivity contribution >= 4 is 28.0 Å². The largest absolute Gasteiger partial charge is 0.573 e. The lowest BCUT2D eigenvalue weighted by Gasteiger charge is -2.19. The van der Waals surface area contributed by atoms with E-state index in [0.717, 1.165) is 40.2 Å². The number of alkyl halides is 3. The van der Waals surface area contributed by atoms with Crippen molar-refractivity contribution in [3.8, 4) is 27.6 Å². The van der Waals surface area contributed by atoms with Gasteiger partial charge in [-0.25, -0.2) is 4.68 Å². The Hall–Kier alpha value is -3.17. The summed E-state index contributed by atoms with van der Waals surface area (Å²) >= 11 is 8.36. The second-order valence-electron chi connectivity index (χ2n) is 7.46. The van der Waals surface area contributed by atoms with E-state index in [0.29, 0.717) is 22.8 Å². The number of hydrogen-bond donors (Lipinski definition) is 0. The standard InChI is InChI=1S/C23H16ClF3N4OS/c24-22-15(5-9-18-17(22)8-10-19(28-18)21-2-1-11-33-21)12-31-13-20(29-30-31)14-3-6-16(7-4-14)32-23(25,26)27/h1-4,6-8,10-11,13H,5,9,12H2. The van der Waals surface area contributed by atoms with E-state index in [1.807, 2.05) is 29.6 Å². The molecule has 3 heterocycles. The number of aromatic nitrogens is 4. The first-order valence-corrected chi connectivity index (χ1v) is 11.3. The molecule has 5 nitrogen and oxygen atoms in total. The molecule has 0 aliphatic heterocycles. The third-order valence-electron chi connectivity index (χ3n) is 5.23. The molecule has 0 saturated carbocycles.